The number of benzene rings is 2. The van der Waals surface area contributed by atoms with Crippen LogP contribution in [0.25, 0.3) is 21.3 Å². The summed E-state index contributed by atoms with van der Waals surface area (Å²) >= 11 is 1.48. The molecule has 2 aromatic heterocycles. The van der Waals surface area contributed by atoms with Gasteiger partial charge in [-0.25, -0.2) is 14.4 Å². The van der Waals surface area contributed by atoms with Gasteiger partial charge in [0, 0.05) is 17.9 Å². The summed E-state index contributed by atoms with van der Waals surface area (Å²) < 4.78 is 14.3. The third kappa shape index (κ3) is 2.98. The molecule has 0 spiro atoms. The highest BCUT2D eigenvalue weighted by atomic mass is 32.1. The number of rotatable bonds is 4. The van der Waals surface area contributed by atoms with E-state index in [1.165, 1.54) is 23.5 Å². The van der Waals surface area contributed by atoms with Crippen molar-refractivity contribution < 1.29 is 9.18 Å². The average molecular weight is 380 g/mol. The van der Waals surface area contributed by atoms with E-state index in [9.17, 15) is 9.18 Å². The van der Waals surface area contributed by atoms with E-state index in [1.54, 1.807) is 6.07 Å². The van der Waals surface area contributed by atoms with E-state index in [1.807, 2.05) is 31.2 Å². The van der Waals surface area contributed by atoms with E-state index in [0.717, 1.165) is 33.0 Å². The number of thiazole rings is 1. The zero-order valence-corrected chi connectivity index (χ0v) is 15.4. The molecule has 0 saturated heterocycles. The summed E-state index contributed by atoms with van der Waals surface area (Å²) in [6.07, 6.45) is 0.795. The number of nitrogens with one attached hydrogen (secondary N) is 2. The Labute approximate surface area is 158 Å². The quantitative estimate of drug-likeness (QED) is 0.555. The number of fused-ring (bicyclic) bond motifs is 2. The van der Waals surface area contributed by atoms with Gasteiger partial charge in [-0.3, -0.25) is 4.79 Å². The zero-order valence-electron chi connectivity index (χ0n) is 14.6. The molecule has 1 unspecified atom stereocenters. The first-order valence-corrected chi connectivity index (χ1v) is 9.71. The van der Waals surface area contributed by atoms with Crippen LogP contribution in [0.2, 0.25) is 0 Å². The van der Waals surface area contributed by atoms with Crippen molar-refractivity contribution in [2.45, 2.75) is 25.3 Å². The maximum absolute atomic E-state index is 13.3. The molecule has 1 amide bonds. The van der Waals surface area contributed by atoms with Gasteiger partial charge >= 0.3 is 0 Å². The number of carbonyl (C=O) groups is 1. The third-order valence-electron chi connectivity index (χ3n) is 4.98. The van der Waals surface area contributed by atoms with Crippen LogP contribution in [0.5, 0.6) is 0 Å². The van der Waals surface area contributed by atoms with Gasteiger partial charge in [0.25, 0.3) is 0 Å². The fourth-order valence-electron chi connectivity index (χ4n) is 3.42. The standard InChI is InChI=1S/C20H17FN4OS/c1-10(20-25-16-8-11(21)6-7-17(16)27-20)22-19(26)13-9-12(13)18-23-14-4-2-3-5-15(14)24-18/h2-8,10,12-13H,9H2,1H3,(H,22,26)(H,23,24)/t10?,12-,13-/m0/s1. The van der Waals surface area contributed by atoms with Crippen LogP contribution in [0, 0.1) is 11.7 Å². The third-order valence-corrected chi connectivity index (χ3v) is 6.20. The molecule has 0 aliphatic heterocycles. The smallest absolute Gasteiger partial charge is 0.224 e. The van der Waals surface area contributed by atoms with Crippen molar-refractivity contribution in [1.29, 1.82) is 0 Å². The number of nitrogens with zero attached hydrogens (tertiary/aromatic N) is 2. The molecule has 1 aliphatic carbocycles. The fraction of sp³-hybridized carbons (Fsp3) is 0.250. The average Bonchev–Trinajstić information content (AvgIpc) is 3.16. The molecular weight excluding hydrogens is 363 g/mol. The van der Waals surface area contributed by atoms with Crippen LogP contribution < -0.4 is 5.32 Å². The van der Waals surface area contributed by atoms with Crippen LogP contribution in [0.15, 0.2) is 42.5 Å². The Bertz CT molecular complexity index is 1130. The first-order chi connectivity index (χ1) is 13.1. The van der Waals surface area contributed by atoms with E-state index in [2.05, 4.69) is 20.3 Å². The summed E-state index contributed by atoms with van der Waals surface area (Å²) in [5, 5.41) is 3.82. The normalized spacial score (nSPS) is 20.1. The lowest BCUT2D eigenvalue weighted by atomic mass is 10.2. The SMILES string of the molecule is CC(NC(=O)[C@H]1C[C@@H]1c1nc2ccccc2[nH]1)c1nc2cc(F)ccc2s1. The maximum Gasteiger partial charge on any atom is 0.224 e. The van der Waals surface area contributed by atoms with Gasteiger partial charge in [-0.05, 0) is 37.6 Å². The van der Waals surface area contributed by atoms with E-state index in [-0.39, 0.29) is 29.6 Å². The molecule has 1 saturated carbocycles. The van der Waals surface area contributed by atoms with Crippen molar-refractivity contribution >= 4 is 38.5 Å². The minimum Gasteiger partial charge on any atom is -0.347 e. The number of imidazole rings is 1. The molecule has 2 aromatic carbocycles. The predicted molar refractivity (Wildman–Crippen MR) is 103 cm³/mol. The van der Waals surface area contributed by atoms with Gasteiger partial charge in [-0.1, -0.05) is 12.1 Å². The summed E-state index contributed by atoms with van der Waals surface area (Å²) in [5.41, 5.74) is 2.55. The summed E-state index contributed by atoms with van der Waals surface area (Å²) in [6, 6.07) is 12.2. The first kappa shape index (κ1) is 16.4. The molecule has 2 N–H and O–H groups in total. The fourth-order valence-corrected chi connectivity index (χ4v) is 4.37. The molecule has 136 valence electrons. The number of para-hydroxylation sites is 2. The van der Waals surface area contributed by atoms with Gasteiger partial charge in [0.05, 0.1) is 27.3 Å². The number of halogens is 1. The molecule has 3 atom stereocenters. The van der Waals surface area contributed by atoms with Crippen molar-refractivity contribution in [3.05, 3.63) is 59.1 Å². The molecule has 4 aromatic rings. The topological polar surface area (TPSA) is 70.7 Å². The number of aromatic amines is 1. The molecule has 5 rings (SSSR count). The van der Waals surface area contributed by atoms with Crippen LogP contribution in [0.3, 0.4) is 0 Å². The highest BCUT2D eigenvalue weighted by Gasteiger charge is 2.46. The second-order valence-electron chi connectivity index (χ2n) is 6.98. The molecule has 1 fully saturated rings. The molecule has 2 heterocycles. The lowest BCUT2D eigenvalue weighted by molar-refractivity contribution is -0.123. The van der Waals surface area contributed by atoms with Crippen LogP contribution in [0.4, 0.5) is 4.39 Å². The number of amides is 1. The summed E-state index contributed by atoms with van der Waals surface area (Å²) in [6.45, 7) is 1.91. The Balaban J connectivity index is 1.28. The number of hydrogen-bond acceptors (Lipinski definition) is 4. The number of H-pyrrole nitrogens is 1. The van der Waals surface area contributed by atoms with Crippen molar-refractivity contribution in [3.63, 3.8) is 0 Å². The van der Waals surface area contributed by atoms with Gasteiger partial charge in [-0.15, -0.1) is 11.3 Å². The molecule has 0 bridgehead atoms. The molecular formula is C20H17FN4OS. The van der Waals surface area contributed by atoms with E-state index in [4.69, 9.17) is 0 Å². The lowest BCUT2D eigenvalue weighted by Crippen LogP contribution is -2.28. The van der Waals surface area contributed by atoms with Gasteiger partial charge in [0.2, 0.25) is 5.91 Å². The van der Waals surface area contributed by atoms with E-state index >= 15 is 0 Å². The second kappa shape index (κ2) is 6.13. The van der Waals surface area contributed by atoms with Gasteiger partial charge in [-0.2, -0.15) is 0 Å². The summed E-state index contributed by atoms with van der Waals surface area (Å²) in [4.78, 5) is 25.0. The van der Waals surface area contributed by atoms with Gasteiger partial charge < -0.3 is 10.3 Å². The van der Waals surface area contributed by atoms with Crippen molar-refractivity contribution in [1.82, 2.24) is 20.3 Å². The van der Waals surface area contributed by atoms with Crippen molar-refractivity contribution in [2.75, 3.05) is 0 Å². The van der Waals surface area contributed by atoms with Crippen LogP contribution >= 0.6 is 11.3 Å². The van der Waals surface area contributed by atoms with E-state index < -0.39 is 0 Å². The van der Waals surface area contributed by atoms with Crippen LogP contribution in [-0.2, 0) is 4.79 Å². The molecule has 27 heavy (non-hydrogen) atoms. The summed E-state index contributed by atoms with van der Waals surface area (Å²) in [5.74, 6) is 0.648. The predicted octanol–water partition coefficient (Wildman–Crippen LogP) is 4.29. The Hall–Kier alpha value is -2.80. The number of carbonyl (C=O) groups excluding carboxylic acids is 1. The summed E-state index contributed by atoms with van der Waals surface area (Å²) in [7, 11) is 0. The monoisotopic (exact) mass is 380 g/mol. The first-order valence-electron chi connectivity index (χ1n) is 8.89. The largest absolute Gasteiger partial charge is 0.347 e. The number of hydrogen-bond donors (Lipinski definition) is 2. The van der Waals surface area contributed by atoms with Gasteiger partial charge in [0.15, 0.2) is 0 Å². The highest BCUT2D eigenvalue weighted by molar-refractivity contribution is 7.18. The van der Waals surface area contributed by atoms with Crippen molar-refractivity contribution in [3.8, 4) is 0 Å². The number of aromatic nitrogens is 3. The van der Waals surface area contributed by atoms with Crippen LogP contribution in [-0.4, -0.2) is 20.9 Å². The Kier molecular flexibility index (Phi) is 3.72. The van der Waals surface area contributed by atoms with Crippen molar-refractivity contribution in [2.24, 2.45) is 5.92 Å². The highest BCUT2D eigenvalue weighted by Crippen LogP contribution is 2.47. The molecule has 1 aliphatic rings. The molecule has 5 nitrogen and oxygen atoms in total. The second-order valence-corrected chi connectivity index (χ2v) is 8.04. The lowest BCUT2D eigenvalue weighted by Gasteiger charge is -2.10. The Morgan fingerprint density at radius 2 is 2.11 bits per heavy atom. The Morgan fingerprint density at radius 3 is 2.96 bits per heavy atom. The molecule has 7 heteroatoms. The zero-order chi connectivity index (χ0) is 18.5. The maximum atomic E-state index is 13.3. The Morgan fingerprint density at radius 1 is 1.26 bits per heavy atom. The van der Waals surface area contributed by atoms with Gasteiger partial charge in [0.1, 0.15) is 16.6 Å². The molecule has 0 radical (unpaired) electrons. The minimum absolute atomic E-state index is 0.0124. The minimum atomic E-state index is -0.303. The van der Waals surface area contributed by atoms with E-state index in [0.29, 0.717) is 5.52 Å². The van der Waals surface area contributed by atoms with Crippen LogP contribution in [0.1, 0.15) is 36.1 Å².